The number of aryl methyl sites for hydroxylation is 1. The molecule has 32 heavy (non-hydrogen) atoms. The normalized spacial score (nSPS) is 10.8. The lowest BCUT2D eigenvalue weighted by Gasteiger charge is -2.06. The van der Waals surface area contributed by atoms with E-state index in [-0.39, 0.29) is 25.3 Å². The average molecular weight is 455 g/mol. The molecule has 0 bridgehead atoms. The van der Waals surface area contributed by atoms with Crippen molar-refractivity contribution in [3.63, 3.8) is 0 Å². The fourth-order valence-electron chi connectivity index (χ4n) is 2.85. The molecule has 2 heterocycles. The summed E-state index contributed by atoms with van der Waals surface area (Å²) < 4.78 is 21.2. The van der Waals surface area contributed by atoms with Gasteiger partial charge in [-0.25, -0.2) is 0 Å². The maximum Gasteiger partial charge on any atom is 0.306 e. The number of aromatic nitrogens is 4. The van der Waals surface area contributed by atoms with Crippen molar-refractivity contribution in [3.8, 4) is 28.5 Å². The SMILES string of the molecule is CCOc1ccccc1-c1noc(COC(=O)CCc2nc(-c3ccc(Cl)cc3)no2)n1. The number of hydrogen-bond acceptors (Lipinski definition) is 9. The molecule has 0 fully saturated rings. The lowest BCUT2D eigenvalue weighted by molar-refractivity contribution is -0.145. The highest BCUT2D eigenvalue weighted by atomic mass is 35.5. The fraction of sp³-hybridized carbons (Fsp3) is 0.227. The van der Waals surface area contributed by atoms with Gasteiger partial charge >= 0.3 is 5.97 Å². The summed E-state index contributed by atoms with van der Waals surface area (Å²) in [6.45, 7) is 2.27. The van der Waals surface area contributed by atoms with E-state index in [1.165, 1.54) is 0 Å². The maximum absolute atomic E-state index is 12.1. The average Bonchev–Trinajstić information content (AvgIpc) is 3.47. The third-order valence-corrected chi connectivity index (χ3v) is 4.62. The first-order valence-corrected chi connectivity index (χ1v) is 10.3. The topological polar surface area (TPSA) is 113 Å². The summed E-state index contributed by atoms with van der Waals surface area (Å²) in [6, 6.07) is 14.4. The van der Waals surface area contributed by atoms with Gasteiger partial charge < -0.3 is 18.5 Å². The van der Waals surface area contributed by atoms with Crippen LogP contribution in [0.5, 0.6) is 5.75 Å². The van der Waals surface area contributed by atoms with Gasteiger partial charge in [-0.2, -0.15) is 9.97 Å². The zero-order valence-corrected chi connectivity index (χ0v) is 17.9. The van der Waals surface area contributed by atoms with Gasteiger partial charge in [-0.15, -0.1) is 0 Å². The van der Waals surface area contributed by atoms with Crippen molar-refractivity contribution in [1.29, 1.82) is 0 Å². The maximum atomic E-state index is 12.1. The van der Waals surface area contributed by atoms with Crippen molar-refractivity contribution in [3.05, 3.63) is 65.3 Å². The highest BCUT2D eigenvalue weighted by Gasteiger charge is 2.16. The summed E-state index contributed by atoms with van der Waals surface area (Å²) in [4.78, 5) is 20.6. The van der Waals surface area contributed by atoms with Crippen LogP contribution < -0.4 is 4.74 Å². The van der Waals surface area contributed by atoms with Gasteiger partial charge in [0.25, 0.3) is 5.89 Å². The minimum atomic E-state index is -0.453. The Morgan fingerprint density at radius 2 is 1.69 bits per heavy atom. The van der Waals surface area contributed by atoms with Crippen LogP contribution in [0.15, 0.2) is 57.6 Å². The highest BCUT2D eigenvalue weighted by molar-refractivity contribution is 6.30. The van der Waals surface area contributed by atoms with Crippen molar-refractivity contribution in [2.45, 2.75) is 26.4 Å². The Bertz CT molecular complexity index is 1190. The van der Waals surface area contributed by atoms with Crippen molar-refractivity contribution >= 4 is 17.6 Å². The third kappa shape index (κ3) is 5.30. The Morgan fingerprint density at radius 1 is 0.969 bits per heavy atom. The van der Waals surface area contributed by atoms with Crippen LogP contribution in [0.3, 0.4) is 0 Å². The molecule has 2 aromatic carbocycles. The van der Waals surface area contributed by atoms with Gasteiger partial charge in [0.1, 0.15) is 5.75 Å². The second-order valence-corrected chi connectivity index (χ2v) is 7.06. The Labute approximate surface area is 188 Å². The molecule has 10 heteroatoms. The Morgan fingerprint density at radius 3 is 2.50 bits per heavy atom. The third-order valence-electron chi connectivity index (χ3n) is 4.37. The molecule has 0 aliphatic rings. The summed E-state index contributed by atoms with van der Waals surface area (Å²) in [5.41, 5.74) is 1.47. The van der Waals surface area contributed by atoms with Gasteiger partial charge in [0.05, 0.1) is 18.6 Å². The predicted octanol–water partition coefficient (Wildman–Crippen LogP) is 4.51. The van der Waals surface area contributed by atoms with E-state index in [1.54, 1.807) is 24.3 Å². The number of halogens is 1. The van der Waals surface area contributed by atoms with E-state index in [9.17, 15) is 4.79 Å². The van der Waals surface area contributed by atoms with Crippen LogP contribution >= 0.6 is 11.6 Å². The standard InChI is InChI=1S/C22H19ClN4O5/c1-2-29-17-6-4-3-5-16(17)22-25-19(32-27-22)13-30-20(28)12-11-18-24-21(26-31-18)14-7-9-15(23)10-8-14/h3-10H,2,11-13H2,1H3. The number of benzene rings is 2. The molecule has 0 atom stereocenters. The second-order valence-electron chi connectivity index (χ2n) is 6.62. The molecule has 2 aromatic heterocycles. The molecule has 4 aromatic rings. The summed E-state index contributed by atoms with van der Waals surface area (Å²) in [6.07, 6.45) is 0.312. The van der Waals surface area contributed by atoms with E-state index >= 15 is 0 Å². The zero-order valence-electron chi connectivity index (χ0n) is 17.2. The number of carbonyl (C=O) groups is 1. The quantitative estimate of drug-likeness (QED) is 0.337. The fourth-order valence-corrected chi connectivity index (χ4v) is 2.98. The Balaban J connectivity index is 1.29. The van der Waals surface area contributed by atoms with Crippen LogP contribution in [0, 0.1) is 0 Å². The van der Waals surface area contributed by atoms with Crippen LogP contribution in [0.4, 0.5) is 0 Å². The van der Waals surface area contributed by atoms with Gasteiger partial charge in [-0.05, 0) is 43.3 Å². The summed E-state index contributed by atoms with van der Waals surface area (Å²) >= 11 is 5.88. The Hall–Kier alpha value is -3.72. The van der Waals surface area contributed by atoms with Gasteiger partial charge in [-0.3, -0.25) is 4.79 Å². The molecular weight excluding hydrogens is 436 g/mol. The monoisotopic (exact) mass is 454 g/mol. The van der Waals surface area contributed by atoms with E-state index in [0.717, 1.165) is 5.56 Å². The van der Waals surface area contributed by atoms with Gasteiger partial charge in [-0.1, -0.05) is 34.0 Å². The first-order chi connectivity index (χ1) is 15.6. The molecule has 9 nitrogen and oxygen atoms in total. The minimum Gasteiger partial charge on any atom is -0.493 e. The molecule has 4 rings (SSSR count). The largest absolute Gasteiger partial charge is 0.493 e. The van der Waals surface area contributed by atoms with Crippen LogP contribution in [0.2, 0.25) is 5.02 Å². The zero-order chi connectivity index (χ0) is 22.3. The summed E-state index contributed by atoms with van der Waals surface area (Å²) in [7, 11) is 0. The number of esters is 1. The first kappa shape index (κ1) is 21.5. The van der Waals surface area contributed by atoms with Gasteiger partial charge in [0.15, 0.2) is 6.61 Å². The van der Waals surface area contributed by atoms with E-state index < -0.39 is 5.97 Å². The molecule has 0 saturated heterocycles. The molecule has 0 radical (unpaired) electrons. The molecular formula is C22H19ClN4O5. The number of carbonyl (C=O) groups excluding carboxylic acids is 1. The van der Waals surface area contributed by atoms with Crippen LogP contribution in [-0.2, 0) is 22.6 Å². The van der Waals surface area contributed by atoms with E-state index in [2.05, 4.69) is 20.3 Å². The van der Waals surface area contributed by atoms with E-state index in [1.807, 2.05) is 31.2 Å². The molecule has 0 amide bonds. The van der Waals surface area contributed by atoms with Crippen molar-refractivity contribution in [2.75, 3.05) is 6.61 Å². The van der Waals surface area contributed by atoms with Crippen molar-refractivity contribution < 1.29 is 23.3 Å². The summed E-state index contributed by atoms with van der Waals surface area (Å²) in [5.74, 6) is 1.50. The van der Waals surface area contributed by atoms with Crippen LogP contribution in [0.25, 0.3) is 22.8 Å². The molecule has 0 aliphatic heterocycles. The lowest BCUT2D eigenvalue weighted by atomic mass is 10.2. The number of ether oxygens (including phenoxy) is 2. The van der Waals surface area contributed by atoms with E-state index in [4.69, 9.17) is 30.1 Å². The molecule has 0 aliphatic carbocycles. The van der Waals surface area contributed by atoms with E-state index in [0.29, 0.717) is 40.5 Å². The second kappa shape index (κ2) is 10.1. The molecule has 0 saturated carbocycles. The Kier molecular flexibility index (Phi) is 6.76. The summed E-state index contributed by atoms with van der Waals surface area (Å²) in [5, 5.41) is 8.47. The highest BCUT2D eigenvalue weighted by Crippen LogP contribution is 2.27. The lowest BCUT2D eigenvalue weighted by Crippen LogP contribution is -2.06. The molecule has 0 unspecified atom stereocenters. The molecule has 0 spiro atoms. The first-order valence-electron chi connectivity index (χ1n) is 9.91. The smallest absolute Gasteiger partial charge is 0.306 e. The van der Waals surface area contributed by atoms with Crippen molar-refractivity contribution in [1.82, 2.24) is 20.3 Å². The van der Waals surface area contributed by atoms with Gasteiger partial charge in [0, 0.05) is 17.0 Å². The van der Waals surface area contributed by atoms with Crippen molar-refractivity contribution in [2.24, 2.45) is 0 Å². The number of rotatable bonds is 9. The van der Waals surface area contributed by atoms with Gasteiger partial charge in [0.2, 0.25) is 17.5 Å². The number of para-hydroxylation sites is 1. The predicted molar refractivity (Wildman–Crippen MR) is 114 cm³/mol. The molecule has 0 N–H and O–H groups in total. The molecule has 164 valence electrons. The number of nitrogens with zero attached hydrogens (tertiary/aromatic N) is 4. The minimum absolute atomic E-state index is 0.0659. The number of hydrogen-bond donors (Lipinski definition) is 0. The van der Waals surface area contributed by atoms with Crippen LogP contribution in [-0.4, -0.2) is 32.9 Å². The van der Waals surface area contributed by atoms with Crippen LogP contribution in [0.1, 0.15) is 25.1 Å².